The monoisotopic (exact) mass is 506 g/mol. The molecule has 0 saturated heterocycles. The summed E-state index contributed by atoms with van der Waals surface area (Å²) >= 11 is 13.8. The van der Waals surface area contributed by atoms with Crippen molar-refractivity contribution in [2.24, 2.45) is 0 Å². The number of carbonyl (C=O) groups excluding carboxylic acids is 2. The van der Waals surface area contributed by atoms with Gasteiger partial charge in [-0.05, 0) is 55.0 Å². The Hall–Kier alpha value is -1.69. The minimum atomic E-state index is -0.488. The lowest BCUT2D eigenvalue weighted by molar-refractivity contribution is -0.139. The van der Waals surface area contributed by atoms with Crippen LogP contribution in [0.2, 0.25) is 10.0 Å². The summed E-state index contributed by atoms with van der Waals surface area (Å²) in [7, 11) is 0. The lowest BCUT2D eigenvalue weighted by Gasteiger charge is -2.32. The summed E-state index contributed by atoms with van der Waals surface area (Å²) in [4.78, 5) is 28.3. The highest BCUT2D eigenvalue weighted by Gasteiger charge is 2.30. The van der Waals surface area contributed by atoms with Gasteiger partial charge in [0.2, 0.25) is 11.8 Å². The van der Waals surface area contributed by atoms with Gasteiger partial charge in [-0.2, -0.15) is 0 Å². The largest absolute Gasteiger partial charge is 0.352 e. The number of halogens is 2. The second-order valence-electron chi connectivity index (χ2n) is 8.59. The molecule has 0 radical (unpaired) electrons. The first-order chi connectivity index (χ1) is 15.9. The maximum atomic E-state index is 13.4. The molecule has 0 aliphatic heterocycles. The van der Waals surface area contributed by atoms with Crippen LogP contribution in [0.4, 0.5) is 0 Å². The third kappa shape index (κ3) is 7.40. The van der Waals surface area contributed by atoms with E-state index in [9.17, 15) is 9.59 Å². The first-order valence-corrected chi connectivity index (χ1v) is 13.5. The van der Waals surface area contributed by atoms with Crippen LogP contribution in [-0.4, -0.2) is 34.6 Å². The van der Waals surface area contributed by atoms with E-state index in [0.29, 0.717) is 28.8 Å². The zero-order valence-electron chi connectivity index (χ0n) is 19.3. The molecule has 0 heterocycles. The van der Waals surface area contributed by atoms with Crippen molar-refractivity contribution in [3.05, 3.63) is 69.2 Å². The lowest BCUT2D eigenvalue weighted by Crippen LogP contribution is -2.51. The van der Waals surface area contributed by atoms with Crippen LogP contribution in [0.15, 0.2) is 42.5 Å². The van der Waals surface area contributed by atoms with Crippen LogP contribution >= 0.6 is 35.0 Å². The third-order valence-corrected chi connectivity index (χ3v) is 7.74. The number of aryl methyl sites for hydroxylation is 1. The average molecular weight is 508 g/mol. The molecule has 2 aromatic carbocycles. The van der Waals surface area contributed by atoms with E-state index in [-0.39, 0.29) is 23.6 Å². The molecule has 4 nitrogen and oxygen atoms in total. The molecular weight excluding hydrogens is 475 g/mol. The summed E-state index contributed by atoms with van der Waals surface area (Å²) < 4.78 is 0. The Morgan fingerprint density at radius 1 is 1.12 bits per heavy atom. The van der Waals surface area contributed by atoms with Crippen LogP contribution in [0.25, 0.3) is 0 Å². The van der Waals surface area contributed by atoms with Gasteiger partial charge in [0.05, 0.1) is 5.75 Å². The predicted molar refractivity (Wildman–Crippen MR) is 139 cm³/mol. The zero-order valence-corrected chi connectivity index (χ0v) is 21.6. The number of nitrogens with zero attached hydrogens (tertiary/aromatic N) is 1. The zero-order chi connectivity index (χ0) is 23.8. The number of carbonyl (C=O) groups is 2. The Bertz CT molecular complexity index is 963. The molecule has 1 aliphatic carbocycles. The highest BCUT2D eigenvalue weighted by atomic mass is 35.5. The van der Waals surface area contributed by atoms with Crippen LogP contribution in [0.1, 0.15) is 55.7 Å². The molecule has 178 valence electrons. The van der Waals surface area contributed by atoms with Crippen molar-refractivity contribution in [3.63, 3.8) is 0 Å². The van der Waals surface area contributed by atoms with Crippen LogP contribution in [-0.2, 0) is 21.9 Å². The Morgan fingerprint density at radius 2 is 1.85 bits per heavy atom. The molecule has 1 unspecified atom stereocenters. The Labute approximate surface area is 211 Å². The van der Waals surface area contributed by atoms with Gasteiger partial charge in [0, 0.05) is 28.4 Å². The number of amides is 2. The van der Waals surface area contributed by atoms with Crippen molar-refractivity contribution in [1.82, 2.24) is 10.2 Å². The van der Waals surface area contributed by atoms with Crippen LogP contribution in [0.5, 0.6) is 0 Å². The minimum absolute atomic E-state index is 0.0400. The van der Waals surface area contributed by atoms with E-state index in [2.05, 4.69) is 5.32 Å². The van der Waals surface area contributed by atoms with Crippen molar-refractivity contribution in [3.8, 4) is 0 Å². The number of benzene rings is 2. The Kier molecular flexibility index (Phi) is 9.96. The first-order valence-electron chi connectivity index (χ1n) is 11.5. The average Bonchev–Trinajstić information content (AvgIpc) is 3.29. The van der Waals surface area contributed by atoms with Crippen molar-refractivity contribution in [2.45, 2.75) is 70.3 Å². The van der Waals surface area contributed by atoms with Crippen molar-refractivity contribution >= 4 is 46.8 Å². The van der Waals surface area contributed by atoms with Crippen LogP contribution < -0.4 is 5.32 Å². The van der Waals surface area contributed by atoms with Gasteiger partial charge in [-0.1, -0.05) is 73.3 Å². The summed E-state index contributed by atoms with van der Waals surface area (Å²) in [6, 6.07) is 13.2. The van der Waals surface area contributed by atoms with E-state index in [4.69, 9.17) is 23.2 Å². The molecule has 2 amide bonds. The van der Waals surface area contributed by atoms with Gasteiger partial charge in [-0.3, -0.25) is 9.59 Å². The number of nitrogens with one attached hydrogen (secondary N) is 1. The summed E-state index contributed by atoms with van der Waals surface area (Å²) in [5, 5.41) is 4.38. The number of hydrogen-bond donors (Lipinski definition) is 1. The molecule has 1 fully saturated rings. The van der Waals surface area contributed by atoms with Crippen molar-refractivity contribution < 1.29 is 9.59 Å². The fourth-order valence-corrected chi connectivity index (χ4v) is 5.70. The highest BCUT2D eigenvalue weighted by Crippen LogP contribution is 2.26. The predicted octanol–water partition coefficient (Wildman–Crippen LogP) is 6.40. The molecular formula is C26H32Cl2N2O2S. The molecule has 1 saturated carbocycles. The normalized spacial score (nSPS) is 14.8. The molecule has 1 atom stereocenters. The summed E-state index contributed by atoms with van der Waals surface area (Å²) in [6.07, 6.45) is 4.91. The van der Waals surface area contributed by atoms with Crippen LogP contribution in [0, 0.1) is 6.92 Å². The van der Waals surface area contributed by atoms with Gasteiger partial charge < -0.3 is 10.2 Å². The minimum Gasteiger partial charge on any atom is -0.352 e. The number of thioether (sulfide) groups is 1. The van der Waals surface area contributed by atoms with Crippen molar-refractivity contribution in [1.29, 1.82) is 0 Å². The van der Waals surface area contributed by atoms with E-state index in [1.165, 1.54) is 11.8 Å². The van der Waals surface area contributed by atoms with Gasteiger partial charge in [-0.15, -0.1) is 11.8 Å². The molecule has 2 aromatic rings. The quantitative estimate of drug-likeness (QED) is 0.405. The maximum absolute atomic E-state index is 13.4. The third-order valence-electron chi connectivity index (χ3n) is 6.19. The second kappa shape index (κ2) is 12.7. The van der Waals surface area contributed by atoms with E-state index in [0.717, 1.165) is 42.4 Å². The van der Waals surface area contributed by atoms with Crippen LogP contribution in [0.3, 0.4) is 0 Å². The van der Waals surface area contributed by atoms with E-state index in [1.807, 2.05) is 44.2 Å². The van der Waals surface area contributed by atoms with Crippen molar-refractivity contribution in [2.75, 3.05) is 5.75 Å². The topological polar surface area (TPSA) is 49.4 Å². The number of rotatable bonds is 10. The fourth-order valence-electron chi connectivity index (χ4n) is 4.23. The summed E-state index contributed by atoms with van der Waals surface area (Å²) in [6.45, 7) is 4.43. The Balaban J connectivity index is 1.72. The fraction of sp³-hybridized carbons (Fsp3) is 0.462. The van der Waals surface area contributed by atoms with E-state index in [1.54, 1.807) is 17.0 Å². The highest BCUT2D eigenvalue weighted by molar-refractivity contribution is 7.99. The van der Waals surface area contributed by atoms with Gasteiger partial charge in [-0.25, -0.2) is 0 Å². The van der Waals surface area contributed by atoms with Gasteiger partial charge in [0.1, 0.15) is 6.04 Å². The lowest BCUT2D eigenvalue weighted by atomic mass is 10.1. The molecule has 0 spiro atoms. The van der Waals surface area contributed by atoms with E-state index >= 15 is 0 Å². The molecule has 1 aliphatic rings. The molecule has 1 N–H and O–H groups in total. The summed E-state index contributed by atoms with van der Waals surface area (Å²) in [5.41, 5.74) is 3.11. The SMILES string of the molecule is CCC(C(=O)NC1CCCC1)N(Cc1ccccc1C)C(=O)CSCc1ccc(Cl)cc1Cl. The molecule has 3 rings (SSSR count). The maximum Gasteiger partial charge on any atom is 0.243 e. The van der Waals surface area contributed by atoms with Gasteiger partial charge in [0.25, 0.3) is 0 Å². The molecule has 0 aromatic heterocycles. The standard InChI is InChI=1S/C26H32Cl2N2O2S/c1-3-24(26(32)29-22-10-6-7-11-22)30(15-19-9-5-4-8-18(19)2)25(31)17-33-16-20-12-13-21(27)14-23(20)28/h4-5,8-9,12-14,22,24H,3,6-7,10-11,15-17H2,1-2H3,(H,29,32). The van der Waals surface area contributed by atoms with Gasteiger partial charge in [0.15, 0.2) is 0 Å². The Morgan fingerprint density at radius 3 is 2.52 bits per heavy atom. The first kappa shape index (κ1) is 25.9. The van der Waals surface area contributed by atoms with E-state index < -0.39 is 6.04 Å². The number of hydrogen-bond acceptors (Lipinski definition) is 3. The summed E-state index contributed by atoms with van der Waals surface area (Å²) in [5.74, 6) is 0.794. The van der Waals surface area contributed by atoms with Gasteiger partial charge >= 0.3 is 0 Å². The molecule has 0 bridgehead atoms. The molecule has 33 heavy (non-hydrogen) atoms. The smallest absolute Gasteiger partial charge is 0.243 e. The molecule has 7 heteroatoms. The second-order valence-corrected chi connectivity index (χ2v) is 10.4.